The largest absolute Gasteiger partial charge is 0.348 e. The number of nitrogens with one attached hydrogen (secondary N) is 2. The number of halogens is 2. The quantitative estimate of drug-likeness (QED) is 0.804. The molecule has 0 fully saturated rings. The molecule has 2 aromatic rings. The van der Waals surface area contributed by atoms with Gasteiger partial charge in [0.15, 0.2) is 11.6 Å². The van der Waals surface area contributed by atoms with Crippen LogP contribution >= 0.6 is 0 Å². The second kappa shape index (κ2) is 8.50. The minimum atomic E-state index is -0.973. The van der Waals surface area contributed by atoms with Crippen LogP contribution in [0, 0.1) is 11.6 Å². The first-order valence-electron chi connectivity index (χ1n) is 9.16. The van der Waals surface area contributed by atoms with Gasteiger partial charge in [-0.15, -0.1) is 0 Å². The number of hydrogen-bond donors (Lipinski definition) is 2. The molecule has 4 nitrogen and oxygen atoms in total. The SMILES string of the molecule is CC(NC(=O)c1ccc(C(C)(C)C)cc1)C(=O)NC(C)c1ccc(F)c(F)c1. The number of carbonyl (C=O) groups excluding carboxylic acids is 2. The van der Waals surface area contributed by atoms with Gasteiger partial charge in [0.25, 0.3) is 5.91 Å². The van der Waals surface area contributed by atoms with Crippen LogP contribution in [0.25, 0.3) is 0 Å². The van der Waals surface area contributed by atoms with Crippen molar-refractivity contribution < 1.29 is 18.4 Å². The molecule has 0 aliphatic carbocycles. The minimum Gasteiger partial charge on any atom is -0.348 e. The summed E-state index contributed by atoms with van der Waals surface area (Å²) >= 11 is 0. The van der Waals surface area contributed by atoms with Crippen molar-refractivity contribution in [2.75, 3.05) is 0 Å². The first kappa shape index (κ1) is 21.5. The molecule has 0 aliphatic heterocycles. The summed E-state index contributed by atoms with van der Waals surface area (Å²) in [6.07, 6.45) is 0. The smallest absolute Gasteiger partial charge is 0.251 e. The van der Waals surface area contributed by atoms with Gasteiger partial charge >= 0.3 is 0 Å². The van der Waals surface area contributed by atoms with E-state index in [1.165, 1.54) is 6.07 Å². The van der Waals surface area contributed by atoms with Crippen LogP contribution < -0.4 is 10.6 Å². The lowest BCUT2D eigenvalue weighted by atomic mass is 9.86. The van der Waals surface area contributed by atoms with Crippen LogP contribution in [0.5, 0.6) is 0 Å². The molecule has 0 aromatic heterocycles. The van der Waals surface area contributed by atoms with Crippen molar-refractivity contribution in [1.29, 1.82) is 0 Å². The summed E-state index contributed by atoms with van der Waals surface area (Å²) in [4.78, 5) is 24.7. The molecule has 2 rings (SSSR count). The molecule has 150 valence electrons. The molecule has 2 unspecified atom stereocenters. The van der Waals surface area contributed by atoms with Crippen molar-refractivity contribution in [3.63, 3.8) is 0 Å². The van der Waals surface area contributed by atoms with E-state index in [0.29, 0.717) is 11.1 Å². The van der Waals surface area contributed by atoms with Crippen molar-refractivity contribution in [2.45, 2.75) is 52.1 Å². The normalized spacial score (nSPS) is 13.5. The zero-order valence-electron chi connectivity index (χ0n) is 16.8. The molecule has 0 radical (unpaired) electrons. The van der Waals surface area contributed by atoms with Gasteiger partial charge in [0.05, 0.1) is 6.04 Å². The Kier molecular flexibility index (Phi) is 6.54. The van der Waals surface area contributed by atoms with Crippen LogP contribution in [0.1, 0.15) is 62.1 Å². The van der Waals surface area contributed by atoms with E-state index in [4.69, 9.17) is 0 Å². The third-order valence-corrected chi connectivity index (χ3v) is 4.56. The van der Waals surface area contributed by atoms with Gasteiger partial charge in [0.2, 0.25) is 5.91 Å². The lowest BCUT2D eigenvalue weighted by Gasteiger charge is -2.20. The predicted octanol–water partition coefficient (Wildman–Crippen LogP) is 4.26. The molecule has 2 N–H and O–H groups in total. The first-order valence-corrected chi connectivity index (χ1v) is 9.16. The van der Waals surface area contributed by atoms with Gasteiger partial charge < -0.3 is 10.6 Å². The van der Waals surface area contributed by atoms with Gasteiger partial charge in [-0.3, -0.25) is 9.59 Å². The van der Waals surface area contributed by atoms with Crippen molar-refractivity contribution in [3.05, 3.63) is 70.8 Å². The topological polar surface area (TPSA) is 58.2 Å². The monoisotopic (exact) mass is 388 g/mol. The van der Waals surface area contributed by atoms with Gasteiger partial charge in [-0.05, 0) is 54.7 Å². The average Bonchev–Trinajstić information content (AvgIpc) is 2.63. The van der Waals surface area contributed by atoms with E-state index in [9.17, 15) is 18.4 Å². The molecule has 2 atom stereocenters. The fraction of sp³-hybridized carbons (Fsp3) is 0.364. The summed E-state index contributed by atoms with van der Waals surface area (Å²) in [5.74, 6) is -2.69. The van der Waals surface area contributed by atoms with Gasteiger partial charge in [0, 0.05) is 5.56 Å². The Hall–Kier alpha value is -2.76. The Balaban J connectivity index is 1.97. The highest BCUT2D eigenvalue weighted by atomic mass is 19.2. The van der Waals surface area contributed by atoms with Crippen LogP contribution in [0.2, 0.25) is 0 Å². The lowest BCUT2D eigenvalue weighted by molar-refractivity contribution is -0.123. The summed E-state index contributed by atoms with van der Waals surface area (Å²) in [5, 5.41) is 5.33. The van der Waals surface area contributed by atoms with Gasteiger partial charge in [0.1, 0.15) is 6.04 Å². The summed E-state index contributed by atoms with van der Waals surface area (Å²) < 4.78 is 26.4. The molecular weight excluding hydrogens is 362 g/mol. The van der Waals surface area contributed by atoms with E-state index in [1.54, 1.807) is 26.0 Å². The molecule has 0 bridgehead atoms. The highest BCUT2D eigenvalue weighted by molar-refractivity contribution is 5.97. The molecule has 0 saturated carbocycles. The van der Waals surface area contributed by atoms with Crippen molar-refractivity contribution in [2.24, 2.45) is 0 Å². The second-order valence-electron chi connectivity index (χ2n) is 7.93. The van der Waals surface area contributed by atoms with Crippen molar-refractivity contribution in [3.8, 4) is 0 Å². The van der Waals surface area contributed by atoms with Gasteiger partial charge in [-0.2, -0.15) is 0 Å². The maximum Gasteiger partial charge on any atom is 0.251 e. The highest BCUT2D eigenvalue weighted by Crippen LogP contribution is 2.22. The van der Waals surface area contributed by atoms with Crippen molar-refractivity contribution >= 4 is 11.8 Å². The Labute approximate surface area is 164 Å². The first-order chi connectivity index (χ1) is 13.0. The Bertz CT molecular complexity index is 858. The molecule has 0 heterocycles. The average molecular weight is 388 g/mol. The van der Waals surface area contributed by atoms with Gasteiger partial charge in [-0.25, -0.2) is 8.78 Å². The molecular formula is C22H26F2N2O2. The maximum atomic E-state index is 13.4. The fourth-order valence-corrected chi connectivity index (χ4v) is 2.67. The maximum absolute atomic E-state index is 13.4. The third kappa shape index (κ3) is 5.38. The summed E-state index contributed by atoms with van der Waals surface area (Å²) in [5.41, 5.74) is 1.98. The van der Waals surface area contributed by atoms with E-state index < -0.39 is 29.6 Å². The number of amides is 2. The Morgan fingerprint density at radius 3 is 2.04 bits per heavy atom. The molecule has 0 aliphatic rings. The molecule has 28 heavy (non-hydrogen) atoms. The van der Waals surface area contributed by atoms with Gasteiger partial charge in [-0.1, -0.05) is 39.0 Å². The number of benzene rings is 2. The third-order valence-electron chi connectivity index (χ3n) is 4.56. The predicted molar refractivity (Wildman–Crippen MR) is 105 cm³/mol. The number of rotatable bonds is 5. The zero-order chi connectivity index (χ0) is 21.1. The zero-order valence-corrected chi connectivity index (χ0v) is 16.8. The number of hydrogen-bond acceptors (Lipinski definition) is 2. The van der Waals surface area contributed by atoms with Crippen molar-refractivity contribution in [1.82, 2.24) is 10.6 Å². The fourth-order valence-electron chi connectivity index (χ4n) is 2.67. The second-order valence-corrected chi connectivity index (χ2v) is 7.93. The van der Waals surface area contributed by atoms with Crippen LogP contribution in [-0.2, 0) is 10.2 Å². The highest BCUT2D eigenvalue weighted by Gasteiger charge is 2.20. The van der Waals surface area contributed by atoms with E-state index in [-0.39, 0.29) is 11.3 Å². The van der Waals surface area contributed by atoms with E-state index in [0.717, 1.165) is 17.7 Å². The molecule has 0 saturated heterocycles. The molecule has 0 spiro atoms. The molecule has 2 amide bonds. The Morgan fingerprint density at radius 1 is 0.893 bits per heavy atom. The van der Waals surface area contributed by atoms with Crippen LogP contribution in [0.15, 0.2) is 42.5 Å². The molecule has 2 aromatic carbocycles. The Morgan fingerprint density at radius 2 is 1.50 bits per heavy atom. The van der Waals surface area contributed by atoms with Crippen LogP contribution in [0.4, 0.5) is 8.78 Å². The van der Waals surface area contributed by atoms with E-state index >= 15 is 0 Å². The van der Waals surface area contributed by atoms with E-state index in [1.807, 2.05) is 12.1 Å². The minimum absolute atomic E-state index is 0.0157. The van der Waals surface area contributed by atoms with E-state index in [2.05, 4.69) is 31.4 Å². The summed E-state index contributed by atoms with van der Waals surface area (Å²) in [7, 11) is 0. The number of carbonyl (C=O) groups is 2. The molecule has 6 heteroatoms. The summed E-state index contributed by atoms with van der Waals surface area (Å²) in [6.45, 7) is 9.48. The lowest BCUT2D eigenvalue weighted by Crippen LogP contribution is -2.45. The van der Waals surface area contributed by atoms with Crippen LogP contribution in [0.3, 0.4) is 0 Å². The van der Waals surface area contributed by atoms with Crippen LogP contribution in [-0.4, -0.2) is 17.9 Å². The summed E-state index contributed by atoms with van der Waals surface area (Å²) in [6, 6.07) is 9.38. The standard InChI is InChI=1S/C22H26F2N2O2/c1-13(16-8-11-18(23)19(24)12-16)25-20(27)14(2)26-21(28)15-6-9-17(10-7-15)22(3,4)5/h6-14H,1-5H3,(H,25,27)(H,26,28).